The second-order valence-corrected chi connectivity index (χ2v) is 9.29. The van der Waals surface area contributed by atoms with Gasteiger partial charge in [-0.15, -0.1) is 0 Å². The molecule has 1 aliphatic carbocycles. The van der Waals surface area contributed by atoms with Gasteiger partial charge in [-0.2, -0.15) is 0 Å². The molecule has 0 spiro atoms. The molecule has 1 aromatic rings. The van der Waals surface area contributed by atoms with E-state index in [4.69, 9.17) is 4.74 Å². The Bertz CT molecular complexity index is 577. The van der Waals surface area contributed by atoms with Gasteiger partial charge in [0.2, 0.25) is 0 Å². The lowest BCUT2D eigenvalue weighted by atomic mass is 9.71. The Morgan fingerprint density at radius 3 is 2.93 bits per heavy atom. The zero-order valence-corrected chi connectivity index (χ0v) is 17.8. The summed E-state index contributed by atoms with van der Waals surface area (Å²) in [5.41, 5.74) is 0.981. The van der Waals surface area contributed by atoms with Crippen LogP contribution in [-0.2, 0) is 16.0 Å². The maximum Gasteiger partial charge on any atom is 0.137 e. The number of aldehydes is 1. The van der Waals surface area contributed by atoms with Gasteiger partial charge in [0.25, 0.3) is 0 Å². The van der Waals surface area contributed by atoms with Crippen LogP contribution in [0.3, 0.4) is 0 Å². The average Bonchev–Trinajstić information content (AvgIpc) is 3.17. The summed E-state index contributed by atoms with van der Waals surface area (Å²) in [4.78, 5) is 21.0. The van der Waals surface area contributed by atoms with Crippen LogP contribution in [0.25, 0.3) is 0 Å². The fourth-order valence-electron chi connectivity index (χ4n) is 5.16. The Kier molecular flexibility index (Phi) is 8.06. The molecule has 2 heterocycles. The topological polar surface area (TPSA) is 70.2 Å². The molecule has 1 saturated carbocycles. The zero-order chi connectivity index (χ0) is 19.9. The van der Waals surface area contributed by atoms with Crippen molar-refractivity contribution in [1.29, 1.82) is 0 Å². The van der Waals surface area contributed by atoms with Crippen molar-refractivity contribution < 1.29 is 9.53 Å². The molecule has 1 aliphatic heterocycles. The van der Waals surface area contributed by atoms with Crippen molar-refractivity contribution in [2.24, 2.45) is 17.8 Å². The molecule has 2 fully saturated rings. The first-order valence-electron chi connectivity index (χ1n) is 11.0. The number of aromatic amines is 1. The van der Waals surface area contributed by atoms with Crippen molar-refractivity contribution in [1.82, 2.24) is 20.2 Å². The number of fused-ring (bicyclic) bond motifs is 1. The fraction of sp³-hybridized carbons (Fsp3) is 0.818. The summed E-state index contributed by atoms with van der Waals surface area (Å²) in [6, 6.07) is -0.199. The Morgan fingerprint density at radius 1 is 1.39 bits per heavy atom. The van der Waals surface area contributed by atoms with Gasteiger partial charge in [-0.05, 0) is 44.1 Å². The van der Waals surface area contributed by atoms with Crippen molar-refractivity contribution in [3.63, 3.8) is 0 Å². The summed E-state index contributed by atoms with van der Waals surface area (Å²) in [7, 11) is 2.22. The van der Waals surface area contributed by atoms with E-state index in [2.05, 4.69) is 41.1 Å². The Labute approximate surface area is 169 Å². The molecule has 158 valence electrons. The molecule has 0 radical (unpaired) electrons. The molecule has 1 aromatic heterocycles. The highest BCUT2D eigenvalue weighted by Gasteiger charge is 2.40. The van der Waals surface area contributed by atoms with Gasteiger partial charge in [0, 0.05) is 37.9 Å². The van der Waals surface area contributed by atoms with E-state index >= 15 is 0 Å². The Hall–Kier alpha value is -1.24. The smallest absolute Gasteiger partial charge is 0.137 e. The Balaban J connectivity index is 1.55. The zero-order valence-electron chi connectivity index (χ0n) is 17.8. The summed E-state index contributed by atoms with van der Waals surface area (Å²) < 4.78 is 6.60. The standard InChI is InChI=1S/C22H38N4O2/c1-16(2)12-26(3)13-22-21-7-5-4-6-17(21)8-20(28-22)11-24-19(14-27)9-18-10-23-15-25-18/h10,14-17,19-22,24H,4-9,11-13H2,1-3H3,(H,23,25)/t17-,19+,20?,21+,22-/m1/s1. The van der Waals surface area contributed by atoms with Gasteiger partial charge in [0.15, 0.2) is 0 Å². The summed E-state index contributed by atoms with van der Waals surface area (Å²) in [5, 5.41) is 3.42. The number of hydrogen-bond donors (Lipinski definition) is 2. The highest BCUT2D eigenvalue weighted by molar-refractivity contribution is 5.58. The van der Waals surface area contributed by atoms with E-state index in [1.54, 1.807) is 12.5 Å². The van der Waals surface area contributed by atoms with Gasteiger partial charge >= 0.3 is 0 Å². The van der Waals surface area contributed by atoms with E-state index < -0.39 is 0 Å². The van der Waals surface area contributed by atoms with Crippen LogP contribution in [0.1, 0.15) is 51.6 Å². The second kappa shape index (κ2) is 10.5. The van der Waals surface area contributed by atoms with Crippen molar-refractivity contribution in [2.75, 3.05) is 26.7 Å². The van der Waals surface area contributed by atoms with Gasteiger partial charge in [0.1, 0.15) is 6.29 Å². The molecule has 1 saturated heterocycles. The van der Waals surface area contributed by atoms with Gasteiger partial charge < -0.3 is 24.7 Å². The molecule has 0 bridgehead atoms. The van der Waals surface area contributed by atoms with E-state index in [9.17, 15) is 4.79 Å². The second-order valence-electron chi connectivity index (χ2n) is 9.29. The first kappa shape index (κ1) is 21.5. The number of rotatable bonds is 10. The van der Waals surface area contributed by atoms with Crippen molar-refractivity contribution >= 4 is 6.29 Å². The van der Waals surface area contributed by atoms with Crippen LogP contribution in [0.5, 0.6) is 0 Å². The van der Waals surface area contributed by atoms with Gasteiger partial charge in [0.05, 0.1) is 24.6 Å². The molecule has 3 rings (SSSR count). The van der Waals surface area contributed by atoms with Crippen LogP contribution in [0, 0.1) is 17.8 Å². The number of aromatic nitrogens is 2. The molecule has 6 heteroatoms. The minimum Gasteiger partial charge on any atom is -0.372 e. The number of imidazole rings is 1. The molecule has 28 heavy (non-hydrogen) atoms. The number of likely N-dealkylation sites (N-methyl/N-ethyl adjacent to an activating group) is 1. The fourth-order valence-corrected chi connectivity index (χ4v) is 5.16. The number of carbonyl (C=O) groups is 1. The maximum atomic E-state index is 11.5. The Morgan fingerprint density at radius 2 is 2.21 bits per heavy atom. The van der Waals surface area contributed by atoms with Gasteiger partial charge in [-0.25, -0.2) is 4.98 Å². The number of nitrogens with zero attached hydrogens (tertiary/aromatic N) is 2. The molecule has 1 unspecified atom stereocenters. The van der Waals surface area contributed by atoms with Crippen molar-refractivity contribution in [2.45, 2.75) is 70.6 Å². The minimum atomic E-state index is -0.199. The summed E-state index contributed by atoms with van der Waals surface area (Å²) >= 11 is 0. The number of hydrogen-bond acceptors (Lipinski definition) is 5. The third-order valence-corrected chi connectivity index (χ3v) is 6.31. The first-order chi connectivity index (χ1) is 13.5. The molecule has 2 N–H and O–H groups in total. The predicted molar refractivity (Wildman–Crippen MR) is 111 cm³/mol. The van der Waals surface area contributed by atoms with E-state index in [0.717, 1.165) is 44.0 Å². The lowest BCUT2D eigenvalue weighted by Crippen LogP contribution is -2.51. The summed E-state index contributed by atoms with van der Waals surface area (Å²) in [6.45, 7) is 7.41. The predicted octanol–water partition coefficient (Wildman–Crippen LogP) is 2.66. The third-order valence-electron chi connectivity index (χ3n) is 6.31. The first-order valence-corrected chi connectivity index (χ1v) is 11.0. The highest BCUT2D eigenvalue weighted by Crippen LogP contribution is 2.41. The van der Waals surface area contributed by atoms with E-state index in [0.29, 0.717) is 24.4 Å². The van der Waals surface area contributed by atoms with Crippen molar-refractivity contribution in [3.05, 3.63) is 18.2 Å². The molecular weight excluding hydrogens is 352 g/mol. The number of nitrogens with one attached hydrogen (secondary N) is 2. The average molecular weight is 391 g/mol. The molecular formula is C22H38N4O2. The number of carbonyl (C=O) groups excluding carboxylic acids is 1. The van der Waals surface area contributed by atoms with E-state index in [-0.39, 0.29) is 12.1 Å². The lowest BCUT2D eigenvalue weighted by Gasteiger charge is -2.46. The van der Waals surface area contributed by atoms with Crippen LogP contribution < -0.4 is 5.32 Å². The van der Waals surface area contributed by atoms with Crippen LogP contribution in [0.15, 0.2) is 12.5 Å². The quantitative estimate of drug-likeness (QED) is 0.601. The SMILES string of the molecule is CC(C)CN(C)C[C@H]1OC(CN[C@H](C=O)Cc2cnc[nH]2)C[C@H]2CCCC[C@@H]21. The summed E-state index contributed by atoms with van der Waals surface area (Å²) in [6.07, 6.45) is 12.1. The van der Waals surface area contributed by atoms with Crippen LogP contribution >= 0.6 is 0 Å². The summed E-state index contributed by atoms with van der Waals surface area (Å²) in [5.74, 6) is 2.14. The van der Waals surface area contributed by atoms with Crippen LogP contribution in [-0.4, -0.2) is 66.1 Å². The van der Waals surface area contributed by atoms with Gasteiger partial charge in [-0.3, -0.25) is 0 Å². The number of H-pyrrole nitrogens is 1. The minimum absolute atomic E-state index is 0.195. The highest BCUT2D eigenvalue weighted by atomic mass is 16.5. The van der Waals surface area contributed by atoms with E-state index in [1.165, 1.54) is 25.7 Å². The maximum absolute atomic E-state index is 11.5. The van der Waals surface area contributed by atoms with Crippen molar-refractivity contribution in [3.8, 4) is 0 Å². The van der Waals surface area contributed by atoms with E-state index in [1.807, 2.05) is 0 Å². The third kappa shape index (κ3) is 6.13. The molecule has 5 atom stereocenters. The lowest BCUT2D eigenvalue weighted by molar-refractivity contribution is -0.127. The molecule has 0 amide bonds. The monoisotopic (exact) mass is 390 g/mol. The molecule has 6 nitrogen and oxygen atoms in total. The molecule has 2 aliphatic rings. The van der Waals surface area contributed by atoms with Crippen LogP contribution in [0.2, 0.25) is 0 Å². The van der Waals surface area contributed by atoms with Crippen LogP contribution in [0.4, 0.5) is 0 Å². The molecule has 0 aromatic carbocycles. The normalized spacial score (nSPS) is 29.0. The van der Waals surface area contributed by atoms with Gasteiger partial charge in [-0.1, -0.05) is 26.7 Å². The number of ether oxygens (including phenoxy) is 1. The largest absolute Gasteiger partial charge is 0.372 e.